The van der Waals surface area contributed by atoms with Gasteiger partial charge in [-0.25, -0.2) is 4.79 Å². The molecular weight excluding hydrogens is 186 g/mol. The van der Waals surface area contributed by atoms with Crippen molar-refractivity contribution in [2.75, 3.05) is 19.8 Å². The quantitative estimate of drug-likeness (QED) is 0.594. The molecular formula is C9H17NO4. The van der Waals surface area contributed by atoms with E-state index < -0.39 is 6.09 Å². The van der Waals surface area contributed by atoms with Crippen molar-refractivity contribution < 1.29 is 19.7 Å². The van der Waals surface area contributed by atoms with Gasteiger partial charge in [-0.1, -0.05) is 6.42 Å². The zero-order valence-electron chi connectivity index (χ0n) is 8.11. The van der Waals surface area contributed by atoms with E-state index in [2.05, 4.69) is 10.1 Å². The lowest BCUT2D eigenvalue weighted by Gasteiger charge is -2.14. The van der Waals surface area contributed by atoms with Crippen LogP contribution in [0.15, 0.2) is 0 Å². The molecule has 0 aliphatic heterocycles. The molecule has 0 radical (unpaired) electrons. The molecule has 14 heavy (non-hydrogen) atoms. The Morgan fingerprint density at radius 3 is 2.86 bits per heavy atom. The van der Waals surface area contributed by atoms with Crippen LogP contribution >= 0.6 is 0 Å². The Morgan fingerprint density at radius 2 is 2.29 bits per heavy atom. The third kappa shape index (κ3) is 3.51. The number of carbonyl (C=O) groups is 1. The van der Waals surface area contributed by atoms with Gasteiger partial charge in [-0.3, -0.25) is 0 Å². The molecule has 5 nitrogen and oxygen atoms in total. The number of amides is 1. The van der Waals surface area contributed by atoms with Crippen molar-refractivity contribution in [2.45, 2.75) is 25.4 Å². The predicted octanol–water partition coefficient (Wildman–Crippen LogP) is -0.134. The largest absolute Gasteiger partial charge is 0.447 e. The minimum atomic E-state index is -0.529. The van der Waals surface area contributed by atoms with E-state index >= 15 is 0 Å². The van der Waals surface area contributed by atoms with Gasteiger partial charge in [-0.05, 0) is 12.8 Å². The number of nitrogens with one attached hydrogen (secondary N) is 1. The second-order valence-electron chi connectivity index (χ2n) is 3.50. The van der Waals surface area contributed by atoms with Crippen molar-refractivity contribution >= 4 is 6.09 Å². The average molecular weight is 203 g/mol. The van der Waals surface area contributed by atoms with Crippen molar-refractivity contribution in [1.29, 1.82) is 0 Å². The van der Waals surface area contributed by atoms with Crippen molar-refractivity contribution in [3.63, 3.8) is 0 Å². The van der Waals surface area contributed by atoms with Crippen LogP contribution in [0.5, 0.6) is 0 Å². The zero-order valence-corrected chi connectivity index (χ0v) is 8.11. The van der Waals surface area contributed by atoms with Crippen molar-refractivity contribution in [3.8, 4) is 0 Å². The Kier molecular flexibility index (Phi) is 4.69. The topological polar surface area (TPSA) is 78.8 Å². The molecule has 1 fully saturated rings. The molecule has 0 aromatic rings. The van der Waals surface area contributed by atoms with E-state index in [1.165, 1.54) is 0 Å². The molecule has 1 amide bonds. The van der Waals surface area contributed by atoms with Crippen LogP contribution in [0.25, 0.3) is 0 Å². The average Bonchev–Trinajstić information content (AvgIpc) is 2.58. The number of hydrogen-bond acceptors (Lipinski definition) is 4. The van der Waals surface area contributed by atoms with Gasteiger partial charge in [-0.15, -0.1) is 0 Å². The van der Waals surface area contributed by atoms with E-state index in [0.717, 1.165) is 19.3 Å². The molecule has 1 rings (SSSR count). The fraction of sp³-hybridized carbons (Fsp3) is 0.889. The Balaban J connectivity index is 2.10. The monoisotopic (exact) mass is 203 g/mol. The van der Waals surface area contributed by atoms with Crippen LogP contribution in [-0.2, 0) is 4.74 Å². The Bertz CT molecular complexity index is 186. The lowest BCUT2D eigenvalue weighted by atomic mass is 10.1. The Hall–Kier alpha value is -0.810. The first-order valence-electron chi connectivity index (χ1n) is 4.93. The molecule has 2 atom stereocenters. The summed E-state index contributed by atoms with van der Waals surface area (Å²) in [5.41, 5.74) is 0. The molecule has 1 aliphatic carbocycles. The molecule has 0 spiro atoms. The van der Waals surface area contributed by atoms with Gasteiger partial charge in [0.25, 0.3) is 0 Å². The molecule has 2 unspecified atom stereocenters. The summed E-state index contributed by atoms with van der Waals surface area (Å²) in [6.07, 6.45) is 1.95. The summed E-state index contributed by atoms with van der Waals surface area (Å²) in [7, 11) is 0. The minimum Gasteiger partial charge on any atom is -0.447 e. The maximum atomic E-state index is 10.9. The molecule has 3 N–H and O–H groups in total. The number of aliphatic hydroxyl groups excluding tert-OH is 2. The molecule has 0 aromatic heterocycles. The minimum absolute atomic E-state index is 0.0129. The summed E-state index contributed by atoms with van der Waals surface area (Å²) >= 11 is 0. The fourth-order valence-corrected chi connectivity index (χ4v) is 1.66. The van der Waals surface area contributed by atoms with Crippen LogP contribution in [-0.4, -0.2) is 42.2 Å². The molecule has 1 saturated carbocycles. The smallest absolute Gasteiger partial charge is 0.407 e. The highest BCUT2D eigenvalue weighted by molar-refractivity contribution is 5.67. The van der Waals surface area contributed by atoms with Crippen molar-refractivity contribution in [2.24, 2.45) is 5.92 Å². The summed E-state index contributed by atoms with van der Waals surface area (Å²) in [5.74, 6) is 0.150. The van der Waals surface area contributed by atoms with Gasteiger partial charge in [0.2, 0.25) is 0 Å². The van der Waals surface area contributed by atoms with E-state index in [0.29, 0.717) is 6.54 Å². The number of alkyl carbamates (subject to hydrolysis) is 1. The summed E-state index contributed by atoms with van der Waals surface area (Å²) in [4.78, 5) is 10.9. The predicted molar refractivity (Wildman–Crippen MR) is 49.8 cm³/mol. The second kappa shape index (κ2) is 5.82. The van der Waals surface area contributed by atoms with Crippen LogP contribution in [0.4, 0.5) is 4.79 Å². The van der Waals surface area contributed by atoms with Crippen LogP contribution in [0.3, 0.4) is 0 Å². The first-order chi connectivity index (χ1) is 6.74. The highest BCUT2D eigenvalue weighted by atomic mass is 16.6. The van der Waals surface area contributed by atoms with Crippen LogP contribution in [0.1, 0.15) is 19.3 Å². The fourth-order valence-electron chi connectivity index (χ4n) is 1.66. The lowest BCUT2D eigenvalue weighted by Crippen LogP contribution is -2.33. The van der Waals surface area contributed by atoms with Gasteiger partial charge in [0.05, 0.1) is 12.7 Å². The summed E-state index contributed by atoms with van der Waals surface area (Å²) < 4.78 is 4.60. The number of carbonyl (C=O) groups excluding carboxylic acids is 1. The summed E-state index contributed by atoms with van der Waals surface area (Å²) in [6.45, 7) is 0.296. The van der Waals surface area contributed by atoms with Gasteiger partial charge in [0, 0.05) is 12.5 Å². The molecule has 82 valence electrons. The van der Waals surface area contributed by atoms with E-state index in [9.17, 15) is 9.90 Å². The van der Waals surface area contributed by atoms with Crippen molar-refractivity contribution in [1.82, 2.24) is 5.32 Å². The summed E-state index contributed by atoms with van der Waals surface area (Å²) in [6, 6.07) is 0. The molecule has 0 heterocycles. The van der Waals surface area contributed by atoms with Gasteiger partial charge >= 0.3 is 6.09 Å². The van der Waals surface area contributed by atoms with Crippen LogP contribution in [0, 0.1) is 5.92 Å². The van der Waals surface area contributed by atoms with Crippen LogP contribution in [0.2, 0.25) is 0 Å². The maximum absolute atomic E-state index is 10.9. The van der Waals surface area contributed by atoms with E-state index in [1.807, 2.05) is 0 Å². The molecule has 0 aromatic carbocycles. The standard InChI is InChI=1S/C9H17NO4/c11-4-5-14-9(13)10-6-7-2-1-3-8(7)12/h7-8,11-12H,1-6H2,(H,10,13). The third-order valence-electron chi connectivity index (χ3n) is 2.45. The summed E-state index contributed by atoms with van der Waals surface area (Å²) in [5, 5.41) is 20.4. The highest BCUT2D eigenvalue weighted by Gasteiger charge is 2.25. The van der Waals surface area contributed by atoms with Gasteiger partial charge < -0.3 is 20.3 Å². The zero-order chi connectivity index (χ0) is 10.4. The number of rotatable bonds is 4. The van der Waals surface area contributed by atoms with E-state index in [1.54, 1.807) is 0 Å². The maximum Gasteiger partial charge on any atom is 0.407 e. The highest BCUT2D eigenvalue weighted by Crippen LogP contribution is 2.24. The van der Waals surface area contributed by atoms with Crippen molar-refractivity contribution in [3.05, 3.63) is 0 Å². The Labute approximate surface area is 83.1 Å². The van der Waals surface area contributed by atoms with Gasteiger partial charge in [0.1, 0.15) is 6.61 Å². The SMILES string of the molecule is O=C(NCC1CCCC1O)OCCO. The normalized spacial score (nSPS) is 26.1. The number of ether oxygens (including phenoxy) is 1. The number of hydrogen-bond donors (Lipinski definition) is 3. The van der Waals surface area contributed by atoms with Gasteiger partial charge in [-0.2, -0.15) is 0 Å². The molecule has 5 heteroatoms. The molecule has 1 aliphatic rings. The lowest BCUT2D eigenvalue weighted by molar-refractivity contribution is 0.108. The first-order valence-corrected chi connectivity index (χ1v) is 4.93. The van der Waals surface area contributed by atoms with Gasteiger partial charge in [0.15, 0.2) is 0 Å². The third-order valence-corrected chi connectivity index (χ3v) is 2.45. The Morgan fingerprint density at radius 1 is 1.50 bits per heavy atom. The molecule has 0 saturated heterocycles. The first kappa shape index (κ1) is 11.3. The number of aliphatic hydroxyl groups is 2. The van der Waals surface area contributed by atoms with E-state index in [4.69, 9.17) is 5.11 Å². The van der Waals surface area contributed by atoms with E-state index in [-0.39, 0.29) is 25.2 Å². The second-order valence-corrected chi connectivity index (χ2v) is 3.50. The van der Waals surface area contributed by atoms with Crippen LogP contribution < -0.4 is 5.32 Å². The molecule has 0 bridgehead atoms.